The molecule has 3 aromatic carbocycles. The standard InChI is InChI=1S/C33H29N3O6/c37-32(38)23-8-11-30-29(18-23)35-31(36(30)25-4-2-1-3-5-25)22-6-9-26(10-7-22)42-28-17-24(33(39)40)16-27(19-28)41-20-21-12-14-34-15-13-21/h6-19,25H,1-5,20H2,(H,37,38)(H,39,40). The van der Waals surface area contributed by atoms with Gasteiger partial charge in [0.15, 0.2) is 0 Å². The van der Waals surface area contributed by atoms with Gasteiger partial charge in [-0.25, -0.2) is 14.6 Å². The first-order chi connectivity index (χ1) is 20.4. The van der Waals surface area contributed by atoms with Gasteiger partial charge in [-0.1, -0.05) is 19.3 Å². The molecule has 0 bridgehead atoms. The highest BCUT2D eigenvalue weighted by Crippen LogP contribution is 2.37. The van der Waals surface area contributed by atoms with Gasteiger partial charge in [-0.05, 0) is 85.1 Å². The van der Waals surface area contributed by atoms with Gasteiger partial charge in [-0.2, -0.15) is 0 Å². The van der Waals surface area contributed by atoms with E-state index in [2.05, 4.69) is 9.55 Å². The fourth-order valence-electron chi connectivity index (χ4n) is 5.44. The molecule has 0 unspecified atom stereocenters. The number of hydrogen-bond donors (Lipinski definition) is 2. The maximum absolute atomic E-state index is 11.8. The molecule has 0 radical (unpaired) electrons. The Morgan fingerprint density at radius 1 is 0.786 bits per heavy atom. The zero-order valence-corrected chi connectivity index (χ0v) is 22.8. The molecular weight excluding hydrogens is 534 g/mol. The summed E-state index contributed by atoms with van der Waals surface area (Å²) < 4.78 is 14.1. The summed E-state index contributed by atoms with van der Waals surface area (Å²) in [5, 5.41) is 19.1. The normalized spacial score (nSPS) is 13.6. The van der Waals surface area contributed by atoms with Crippen LogP contribution in [0.15, 0.2) is 85.2 Å². The average Bonchev–Trinajstić information content (AvgIpc) is 3.40. The number of nitrogens with zero attached hydrogens (tertiary/aromatic N) is 3. The van der Waals surface area contributed by atoms with Gasteiger partial charge >= 0.3 is 11.9 Å². The Hall–Kier alpha value is -5.18. The van der Waals surface area contributed by atoms with Gasteiger partial charge in [-0.15, -0.1) is 0 Å². The summed E-state index contributed by atoms with van der Waals surface area (Å²) in [6.07, 6.45) is 8.94. The summed E-state index contributed by atoms with van der Waals surface area (Å²) in [5.41, 5.74) is 3.62. The maximum atomic E-state index is 11.8. The van der Waals surface area contributed by atoms with E-state index in [4.69, 9.17) is 14.5 Å². The van der Waals surface area contributed by atoms with Crippen molar-refractivity contribution in [1.29, 1.82) is 0 Å². The van der Waals surface area contributed by atoms with Crippen LogP contribution in [0.25, 0.3) is 22.4 Å². The Kier molecular flexibility index (Phi) is 7.55. The Morgan fingerprint density at radius 2 is 1.50 bits per heavy atom. The lowest BCUT2D eigenvalue weighted by Crippen LogP contribution is -2.14. The second-order valence-electron chi connectivity index (χ2n) is 10.4. The van der Waals surface area contributed by atoms with Gasteiger partial charge in [-0.3, -0.25) is 4.98 Å². The first kappa shape index (κ1) is 27.0. The number of rotatable bonds is 9. The number of benzene rings is 3. The van der Waals surface area contributed by atoms with Crippen LogP contribution < -0.4 is 9.47 Å². The minimum Gasteiger partial charge on any atom is -0.489 e. The number of carboxylic acid groups (broad SMARTS) is 2. The topological polar surface area (TPSA) is 124 Å². The van der Waals surface area contributed by atoms with E-state index in [0.717, 1.165) is 48.2 Å². The number of aromatic nitrogens is 3. The highest BCUT2D eigenvalue weighted by Gasteiger charge is 2.23. The molecule has 9 heteroatoms. The van der Waals surface area contributed by atoms with Crippen LogP contribution in [-0.2, 0) is 6.61 Å². The van der Waals surface area contributed by atoms with Gasteiger partial charge in [0.2, 0.25) is 0 Å². The van der Waals surface area contributed by atoms with Crippen molar-refractivity contribution in [1.82, 2.24) is 14.5 Å². The molecule has 1 aliphatic rings. The number of fused-ring (bicyclic) bond motifs is 1. The molecule has 1 aliphatic carbocycles. The summed E-state index contributed by atoms with van der Waals surface area (Å²) in [5.74, 6) is -0.0499. The van der Waals surface area contributed by atoms with E-state index >= 15 is 0 Å². The number of carboxylic acids is 2. The molecule has 0 aliphatic heterocycles. The number of carbonyl (C=O) groups is 2. The van der Waals surface area contributed by atoms with Crippen molar-refractivity contribution in [2.75, 3.05) is 0 Å². The van der Waals surface area contributed by atoms with Gasteiger partial charge in [0.1, 0.15) is 29.7 Å². The fraction of sp³-hybridized carbons (Fsp3) is 0.212. The summed E-state index contributed by atoms with van der Waals surface area (Å²) in [6.45, 7) is 0.260. The van der Waals surface area contributed by atoms with Crippen LogP contribution in [0.2, 0.25) is 0 Å². The number of pyridine rings is 1. The van der Waals surface area contributed by atoms with Crippen LogP contribution in [0, 0.1) is 0 Å². The van der Waals surface area contributed by atoms with Crippen LogP contribution in [0.1, 0.15) is 64.4 Å². The lowest BCUT2D eigenvalue weighted by molar-refractivity contribution is 0.0685. The number of hydrogen-bond acceptors (Lipinski definition) is 6. The van der Waals surface area contributed by atoms with Crippen LogP contribution in [0.4, 0.5) is 0 Å². The molecule has 2 N–H and O–H groups in total. The predicted octanol–water partition coefficient (Wildman–Crippen LogP) is 7.37. The molecule has 5 aromatic rings. The van der Waals surface area contributed by atoms with Crippen molar-refractivity contribution in [3.63, 3.8) is 0 Å². The smallest absolute Gasteiger partial charge is 0.335 e. The molecular formula is C33H29N3O6. The van der Waals surface area contributed by atoms with Crippen molar-refractivity contribution in [2.24, 2.45) is 0 Å². The van der Waals surface area contributed by atoms with E-state index in [0.29, 0.717) is 22.8 Å². The highest BCUT2D eigenvalue weighted by atomic mass is 16.5. The minimum absolute atomic E-state index is 0.0516. The van der Waals surface area contributed by atoms with Crippen molar-refractivity contribution in [3.05, 3.63) is 102 Å². The third-order valence-corrected chi connectivity index (χ3v) is 7.51. The SMILES string of the molecule is O=C(O)c1cc(OCc2ccncc2)cc(Oc2ccc(-c3nc4cc(C(=O)O)ccc4n3C3CCCCC3)cc2)c1. The van der Waals surface area contributed by atoms with Crippen molar-refractivity contribution < 1.29 is 29.3 Å². The molecule has 6 rings (SSSR count). The minimum atomic E-state index is -1.09. The van der Waals surface area contributed by atoms with E-state index < -0.39 is 11.9 Å². The molecule has 0 spiro atoms. The van der Waals surface area contributed by atoms with Gasteiger partial charge in [0, 0.05) is 30.1 Å². The van der Waals surface area contributed by atoms with Crippen molar-refractivity contribution in [3.8, 4) is 28.6 Å². The molecule has 2 heterocycles. The lowest BCUT2D eigenvalue weighted by atomic mass is 9.95. The molecule has 42 heavy (non-hydrogen) atoms. The zero-order chi connectivity index (χ0) is 29.1. The van der Waals surface area contributed by atoms with Crippen molar-refractivity contribution in [2.45, 2.75) is 44.8 Å². The molecule has 2 aromatic heterocycles. The summed E-state index contributed by atoms with van der Waals surface area (Å²) in [6, 6.07) is 21.1. The lowest BCUT2D eigenvalue weighted by Gasteiger charge is -2.25. The second kappa shape index (κ2) is 11.7. The molecule has 0 saturated heterocycles. The van der Waals surface area contributed by atoms with Crippen LogP contribution in [0.3, 0.4) is 0 Å². The largest absolute Gasteiger partial charge is 0.489 e. The maximum Gasteiger partial charge on any atom is 0.335 e. The zero-order valence-electron chi connectivity index (χ0n) is 22.8. The predicted molar refractivity (Wildman–Crippen MR) is 156 cm³/mol. The van der Waals surface area contributed by atoms with Crippen LogP contribution in [-0.4, -0.2) is 36.7 Å². The third-order valence-electron chi connectivity index (χ3n) is 7.51. The van der Waals surface area contributed by atoms with E-state index in [1.54, 1.807) is 30.6 Å². The Bertz CT molecular complexity index is 1740. The van der Waals surface area contributed by atoms with Crippen LogP contribution in [0.5, 0.6) is 17.2 Å². The van der Waals surface area contributed by atoms with Crippen LogP contribution >= 0.6 is 0 Å². The van der Waals surface area contributed by atoms with Gasteiger partial charge in [0.05, 0.1) is 22.2 Å². The quantitative estimate of drug-likeness (QED) is 0.190. The summed E-state index contributed by atoms with van der Waals surface area (Å²) >= 11 is 0. The Morgan fingerprint density at radius 3 is 2.21 bits per heavy atom. The third kappa shape index (κ3) is 5.81. The molecule has 1 fully saturated rings. The molecule has 9 nitrogen and oxygen atoms in total. The van der Waals surface area contributed by atoms with Gasteiger partial charge in [0.25, 0.3) is 0 Å². The average molecular weight is 564 g/mol. The van der Waals surface area contributed by atoms with E-state index in [9.17, 15) is 19.8 Å². The fourth-order valence-corrected chi connectivity index (χ4v) is 5.44. The Balaban J connectivity index is 1.28. The molecule has 0 amide bonds. The second-order valence-corrected chi connectivity index (χ2v) is 10.4. The first-order valence-electron chi connectivity index (χ1n) is 13.9. The summed E-state index contributed by atoms with van der Waals surface area (Å²) in [7, 11) is 0. The molecule has 1 saturated carbocycles. The Labute approximate surface area is 242 Å². The first-order valence-corrected chi connectivity index (χ1v) is 13.9. The number of ether oxygens (including phenoxy) is 2. The molecule has 0 atom stereocenters. The number of aromatic carboxylic acids is 2. The van der Waals surface area contributed by atoms with E-state index in [1.807, 2.05) is 42.5 Å². The number of imidazole rings is 1. The monoisotopic (exact) mass is 563 g/mol. The van der Waals surface area contributed by atoms with Gasteiger partial charge < -0.3 is 24.3 Å². The van der Waals surface area contributed by atoms with E-state index in [1.165, 1.54) is 18.6 Å². The van der Waals surface area contributed by atoms with Crippen molar-refractivity contribution >= 4 is 23.0 Å². The molecule has 212 valence electrons. The summed E-state index contributed by atoms with van der Waals surface area (Å²) in [4.78, 5) is 32.2. The van der Waals surface area contributed by atoms with E-state index in [-0.39, 0.29) is 23.8 Å². The highest BCUT2D eigenvalue weighted by molar-refractivity contribution is 5.93.